The van der Waals surface area contributed by atoms with Gasteiger partial charge in [-0.1, -0.05) is 22.0 Å². The molecule has 1 aromatic carbocycles. The molecule has 0 spiro atoms. The summed E-state index contributed by atoms with van der Waals surface area (Å²) in [6.45, 7) is 4.63. The highest BCUT2D eigenvalue weighted by Gasteiger charge is 2.28. The predicted octanol–water partition coefficient (Wildman–Crippen LogP) is 2.73. The van der Waals surface area contributed by atoms with Crippen molar-refractivity contribution in [3.8, 4) is 5.75 Å². The van der Waals surface area contributed by atoms with Crippen LogP contribution >= 0.6 is 15.9 Å². The van der Waals surface area contributed by atoms with E-state index in [9.17, 15) is 0 Å². The highest BCUT2D eigenvalue weighted by Crippen LogP contribution is 2.25. The lowest BCUT2D eigenvalue weighted by atomic mass is 10.0. The zero-order valence-electron chi connectivity index (χ0n) is 10.3. The van der Waals surface area contributed by atoms with Crippen LogP contribution in [-0.4, -0.2) is 25.9 Å². The van der Waals surface area contributed by atoms with Gasteiger partial charge in [0.2, 0.25) is 0 Å². The number of ether oxygens (including phenoxy) is 2. The molecule has 0 amide bonds. The molecule has 1 atom stereocenters. The van der Waals surface area contributed by atoms with Crippen molar-refractivity contribution in [2.24, 2.45) is 0 Å². The highest BCUT2D eigenvalue weighted by atomic mass is 79.9. The molecule has 2 rings (SSSR count). The highest BCUT2D eigenvalue weighted by molar-refractivity contribution is 9.10. The van der Waals surface area contributed by atoms with Crippen LogP contribution in [0.5, 0.6) is 5.75 Å². The minimum Gasteiger partial charge on any atom is -0.496 e. The number of halogens is 1. The van der Waals surface area contributed by atoms with Gasteiger partial charge in [-0.15, -0.1) is 0 Å². The summed E-state index contributed by atoms with van der Waals surface area (Å²) in [7, 11) is 1.70. The molecule has 94 valence electrons. The monoisotopic (exact) mass is 299 g/mol. The Morgan fingerprint density at radius 1 is 1.53 bits per heavy atom. The van der Waals surface area contributed by atoms with Crippen LogP contribution in [0.3, 0.4) is 0 Å². The summed E-state index contributed by atoms with van der Waals surface area (Å²) in [4.78, 5) is 0. The Bertz CT molecular complexity index is 389. The standard InChI is InChI=1S/C13H18BrNO2/c1-13(5-6-17-9-13)15-8-10-3-4-11(14)7-12(10)16-2/h3-4,7,15H,5-6,8-9H2,1-2H3. The smallest absolute Gasteiger partial charge is 0.124 e. The fourth-order valence-electron chi connectivity index (χ4n) is 1.98. The van der Waals surface area contributed by atoms with Crippen LogP contribution in [0, 0.1) is 0 Å². The van der Waals surface area contributed by atoms with Gasteiger partial charge in [-0.2, -0.15) is 0 Å². The minimum absolute atomic E-state index is 0.0953. The van der Waals surface area contributed by atoms with E-state index in [1.54, 1.807) is 7.11 Å². The number of rotatable bonds is 4. The molecule has 0 aliphatic carbocycles. The molecular weight excluding hydrogens is 282 g/mol. The van der Waals surface area contributed by atoms with Gasteiger partial charge in [-0.25, -0.2) is 0 Å². The number of hydrogen-bond acceptors (Lipinski definition) is 3. The number of methoxy groups -OCH3 is 1. The summed E-state index contributed by atoms with van der Waals surface area (Å²) < 4.78 is 11.8. The number of hydrogen-bond donors (Lipinski definition) is 1. The van der Waals surface area contributed by atoms with E-state index in [4.69, 9.17) is 9.47 Å². The largest absolute Gasteiger partial charge is 0.496 e. The summed E-state index contributed by atoms with van der Waals surface area (Å²) in [6, 6.07) is 6.10. The van der Waals surface area contributed by atoms with Gasteiger partial charge in [-0.3, -0.25) is 0 Å². The van der Waals surface area contributed by atoms with E-state index in [0.717, 1.165) is 36.4 Å². The molecule has 17 heavy (non-hydrogen) atoms. The fourth-order valence-corrected chi connectivity index (χ4v) is 2.32. The second-order valence-corrected chi connectivity index (χ2v) is 5.59. The zero-order valence-corrected chi connectivity index (χ0v) is 11.8. The van der Waals surface area contributed by atoms with Gasteiger partial charge in [0.05, 0.1) is 13.7 Å². The van der Waals surface area contributed by atoms with Crippen molar-refractivity contribution < 1.29 is 9.47 Å². The Labute approximate surface area is 111 Å². The maximum absolute atomic E-state index is 5.42. The zero-order chi connectivity index (χ0) is 12.3. The lowest BCUT2D eigenvalue weighted by Crippen LogP contribution is -2.42. The van der Waals surface area contributed by atoms with Crippen LogP contribution in [0.2, 0.25) is 0 Å². The molecule has 1 heterocycles. The van der Waals surface area contributed by atoms with Crippen LogP contribution in [0.4, 0.5) is 0 Å². The van der Waals surface area contributed by atoms with Crippen LogP contribution < -0.4 is 10.1 Å². The molecule has 1 aromatic rings. The molecule has 1 N–H and O–H groups in total. The first-order valence-corrected chi connectivity index (χ1v) is 6.57. The first kappa shape index (κ1) is 12.9. The van der Waals surface area contributed by atoms with Crippen molar-refractivity contribution in [3.63, 3.8) is 0 Å². The first-order chi connectivity index (χ1) is 8.13. The van der Waals surface area contributed by atoms with Gasteiger partial charge in [-0.05, 0) is 25.5 Å². The molecule has 0 bridgehead atoms. The molecular formula is C13H18BrNO2. The average Bonchev–Trinajstić information content (AvgIpc) is 2.75. The molecule has 1 aliphatic rings. The molecule has 1 fully saturated rings. The summed E-state index contributed by atoms with van der Waals surface area (Å²) in [5.74, 6) is 0.911. The van der Waals surface area contributed by atoms with E-state index in [0.29, 0.717) is 0 Å². The second kappa shape index (κ2) is 5.38. The SMILES string of the molecule is COc1cc(Br)ccc1CNC1(C)CCOC1. The van der Waals surface area contributed by atoms with E-state index < -0.39 is 0 Å². The molecule has 0 saturated carbocycles. The van der Waals surface area contributed by atoms with Crippen molar-refractivity contribution in [1.29, 1.82) is 0 Å². The van der Waals surface area contributed by atoms with Gasteiger partial charge >= 0.3 is 0 Å². The third kappa shape index (κ3) is 3.21. The Morgan fingerprint density at radius 2 is 2.35 bits per heavy atom. The molecule has 1 aliphatic heterocycles. The van der Waals surface area contributed by atoms with Crippen LogP contribution in [0.25, 0.3) is 0 Å². The first-order valence-electron chi connectivity index (χ1n) is 5.78. The van der Waals surface area contributed by atoms with E-state index in [-0.39, 0.29) is 5.54 Å². The Morgan fingerprint density at radius 3 is 3.00 bits per heavy atom. The summed E-state index contributed by atoms with van der Waals surface area (Å²) >= 11 is 3.44. The predicted molar refractivity (Wildman–Crippen MR) is 71.4 cm³/mol. The van der Waals surface area contributed by atoms with Crippen LogP contribution in [0.15, 0.2) is 22.7 Å². The molecule has 0 radical (unpaired) electrons. The van der Waals surface area contributed by atoms with Crippen molar-refractivity contribution >= 4 is 15.9 Å². The van der Waals surface area contributed by atoms with E-state index in [1.165, 1.54) is 5.56 Å². The van der Waals surface area contributed by atoms with Gasteiger partial charge < -0.3 is 14.8 Å². The Hall–Kier alpha value is -0.580. The lowest BCUT2D eigenvalue weighted by Gasteiger charge is -2.24. The summed E-state index contributed by atoms with van der Waals surface area (Å²) in [6.07, 6.45) is 1.06. The third-order valence-corrected chi connectivity index (χ3v) is 3.67. The van der Waals surface area contributed by atoms with Crippen molar-refractivity contribution in [1.82, 2.24) is 5.32 Å². The maximum atomic E-state index is 5.42. The van der Waals surface area contributed by atoms with Crippen LogP contribution in [0.1, 0.15) is 18.9 Å². The second-order valence-electron chi connectivity index (χ2n) is 4.67. The molecule has 1 unspecified atom stereocenters. The van der Waals surface area contributed by atoms with Gasteiger partial charge in [0.1, 0.15) is 5.75 Å². The van der Waals surface area contributed by atoms with Gasteiger partial charge in [0.15, 0.2) is 0 Å². The third-order valence-electron chi connectivity index (χ3n) is 3.17. The molecule has 4 heteroatoms. The number of benzene rings is 1. The van der Waals surface area contributed by atoms with Crippen molar-refractivity contribution in [2.75, 3.05) is 20.3 Å². The van der Waals surface area contributed by atoms with E-state index in [1.807, 2.05) is 12.1 Å². The maximum Gasteiger partial charge on any atom is 0.124 e. The van der Waals surface area contributed by atoms with E-state index >= 15 is 0 Å². The van der Waals surface area contributed by atoms with Crippen LogP contribution in [-0.2, 0) is 11.3 Å². The van der Waals surface area contributed by atoms with Crippen molar-refractivity contribution in [3.05, 3.63) is 28.2 Å². The topological polar surface area (TPSA) is 30.5 Å². The Kier molecular flexibility index (Phi) is 4.07. The lowest BCUT2D eigenvalue weighted by molar-refractivity contribution is 0.171. The van der Waals surface area contributed by atoms with E-state index in [2.05, 4.69) is 34.2 Å². The summed E-state index contributed by atoms with van der Waals surface area (Å²) in [5.41, 5.74) is 1.27. The normalized spacial score (nSPS) is 23.9. The van der Waals surface area contributed by atoms with Gasteiger partial charge in [0.25, 0.3) is 0 Å². The minimum atomic E-state index is 0.0953. The van der Waals surface area contributed by atoms with Gasteiger partial charge in [0, 0.05) is 28.7 Å². The molecule has 1 saturated heterocycles. The molecule has 3 nitrogen and oxygen atoms in total. The number of nitrogens with one attached hydrogen (secondary N) is 1. The fraction of sp³-hybridized carbons (Fsp3) is 0.538. The quantitative estimate of drug-likeness (QED) is 0.927. The molecule has 0 aromatic heterocycles. The average molecular weight is 300 g/mol. The summed E-state index contributed by atoms with van der Waals surface area (Å²) in [5, 5.41) is 3.55. The Balaban J connectivity index is 2.03. The van der Waals surface area contributed by atoms with Crippen molar-refractivity contribution in [2.45, 2.75) is 25.4 Å².